The molecule has 0 bridgehead atoms. The lowest BCUT2D eigenvalue weighted by Crippen LogP contribution is -2.56. The molecular weight excluding hydrogens is 388 g/mol. The van der Waals surface area contributed by atoms with Gasteiger partial charge in [-0.2, -0.15) is 0 Å². The van der Waals surface area contributed by atoms with E-state index in [1.165, 1.54) is 24.0 Å². The Bertz CT molecular complexity index is 808. The summed E-state index contributed by atoms with van der Waals surface area (Å²) in [5, 5.41) is 21.4. The van der Waals surface area contributed by atoms with Gasteiger partial charge in [-0.3, -0.25) is 0 Å². The molecule has 0 aromatic carbocycles. The van der Waals surface area contributed by atoms with Crippen LogP contribution in [-0.4, -0.2) is 40.9 Å². The van der Waals surface area contributed by atoms with Gasteiger partial charge < -0.3 is 19.7 Å². The van der Waals surface area contributed by atoms with Crippen molar-refractivity contribution in [2.24, 2.45) is 40.4 Å². The van der Waals surface area contributed by atoms with Crippen molar-refractivity contribution >= 4 is 0 Å². The SMILES string of the molecule is C=C1CC[C@@]2(OC1)O[C@H]1C[C@H]3[C@@H]4CC=C5C[C@H](O)C[C@@H](O)[C@]5(C)[C@H]4CC[C@]3(C)[C@H]1[C@@H]2C. The van der Waals surface area contributed by atoms with Gasteiger partial charge in [0.25, 0.3) is 0 Å². The molecule has 4 heteroatoms. The minimum Gasteiger partial charge on any atom is -0.393 e. The molecule has 2 N–H and O–H groups in total. The minimum absolute atomic E-state index is 0.165. The summed E-state index contributed by atoms with van der Waals surface area (Å²) in [6.07, 6.45) is 9.75. The number of hydrogen-bond donors (Lipinski definition) is 2. The van der Waals surface area contributed by atoms with Gasteiger partial charge in [0.15, 0.2) is 5.79 Å². The van der Waals surface area contributed by atoms with Gasteiger partial charge in [-0.15, -0.1) is 0 Å². The average Bonchev–Trinajstić information content (AvgIpc) is 3.16. The zero-order chi connectivity index (χ0) is 21.8. The number of ether oxygens (including phenoxy) is 2. The number of aliphatic hydroxyl groups excluding tert-OH is 2. The predicted octanol–water partition coefficient (Wildman–Crippen LogP) is 4.60. The van der Waals surface area contributed by atoms with Gasteiger partial charge >= 0.3 is 0 Å². The van der Waals surface area contributed by atoms with Crippen LogP contribution in [-0.2, 0) is 9.47 Å². The van der Waals surface area contributed by atoms with Crippen molar-refractivity contribution in [1.29, 1.82) is 0 Å². The summed E-state index contributed by atoms with van der Waals surface area (Å²) >= 11 is 0. The van der Waals surface area contributed by atoms with Crippen LogP contribution in [0.3, 0.4) is 0 Å². The molecule has 0 aromatic heterocycles. The number of allylic oxidation sites excluding steroid dienone is 1. The smallest absolute Gasteiger partial charge is 0.172 e. The van der Waals surface area contributed by atoms with Crippen molar-refractivity contribution in [3.8, 4) is 0 Å². The fourth-order valence-corrected chi connectivity index (χ4v) is 9.55. The van der Waals surface area contributed by atoms with E-state index in [1.807, 2.05) is 0 Å². The second-order valence-corrected chi connectivity index (χ2v) is 12.3. The van der Waals surface area contributed by atoms with Crippen molar-refractivity contribution in [3.63, 3.8) is 0 Å². The monoisotopic (exact) mass is 428 g/mol. The lowest BCUT2D eigenvalue weighted by molar-refractivity contribution is -0.255. The Morgan fingerprint density at radius 1 is 1.13 bits per heavy atom. The van der Waals surface area contributed by atoms with Gasteiger partial charge in [-0.1, -0.05) is 44.6 Å². The van der Waals surface area contributed by atoms with E-state index < -0.39 is 11.9 Å². The Morgan fingerprint density at radius 3 is 2.68 bits per heavy atom. The van der Waals surface area contributed by atoms with E-state index in [0.29, 0.717) is 48.7 Å². The van der Waals surface area contributed by atoms with E-state index >= 15 is 0 Å². The van der Waals surface area contributed by atoms with Crippen LogP contribution in [0, 0.1) is 40.4 Å². The Balaban J connectivity index is 1.30. The van der Waals surface area contributed by atoms with E-state index in [9.17, 15) is 10.2 Å². The Morgan fingerprint density at radius 2 is 1.94 bits per heavy atom. The highest BCUT2D eigenvalue weighted by Gasteiger charge is 2.69. The molecule has 2 heterocycles. The summed E-state index contributed by atoms with van der Waals surface area (Å²) < 4.78 is 13.2. The summed E-state index contributed by atoms with van der Waals surface area (Å²) in [4.78, 5) is 0. The molecule has 6 aliphatic rings. The Labute approximate surface area is 187 Å². The standard InChI is InChI=1S/C27H40O4/c1-15-7-10-27(30-14-15)16(2)24-22(31-27)13-21-19-6-5-17-11-18(28)12-23(29)26(17,4)20(19)8-9-25(21,24)3/h5,16,18-24,28-29H,1,6-14H2,2-4H3/t16-,18-,19+,20-,21-,22-,23+,24-,25-,26-,27+/m0/s1. The molecule has 1 spiro atoms. The maximum Gasteiger partial charge on any atom is 0.172 e. The molecular formula is C27H40O4. The van der Waals surface area contributed by atoms with E-state index in [4.69, 9.17) is 9.47 Å². The lowest BCUT2D eigenvalue weighted by Gasteiger charge is -2.59. The Hall–Kier alpha value is -0.680. The third-order valence-electron chi connectivity index (χ3n) is 11.2. The Kier molecular flexibility index (Phi) is 4.50. The highest BCUT2D eigenvalue weighted by atomic mass is 16.7. The number of aliphatic hydroxyl groups is 2. The number of fused-ring (bicyclic) bond motifs is 7. The van der Waals surface area contributed by atoms with Crippen LogP contribution in [0.15, 0.2) is 23.8 Å². The highest BCUT2D eigenvalue weighted by Crippen LogP contribution is 2.70. The van der Waals surface area contributed by atoms with E-state index in [1.54, 1.807) is 0 Å². The molecule has 6 rings (SSSR count). The maximum atomic E-state index is 11.1. The normalized spacial score (nSPS) is 58.4. The van der Waals surface area contributed by atoms with Crippen LogP contribution >= 0.6 is 0 Å². The lowest BCUT2D eigenvalue weighted by atomic mass is 9.46. The minimum atomic E-state index is -0.428. The number of hydrogen-bond acceptors (Lipinski definition) is 4. The van der Waals surface area contributed by atoms with Crippen LogP contribution in [0.25, 0.3) is 0 Å². The van der Waals surface area contributed by atoms with Crippen molar-refractivity contribution in [1.82, 2.24) is 0 Å². The van der Waals surface area contributed by atoms with Crippen LogP contribution in [0.4, 0.5) is 0 Å². The average molecular weight is 429 g/mol. The molecule has 3 saturated carbocycles. The first-order valence-corrected chi connectivity index (χ1v) is 12.7. The van der Waals surface area contributed by atoms with E-state index in [0.717, 1.165) is 32.1 Å². The van der Waals surface area contributed by atoms with Gasteiger partial charge in [-0.05, 0) is 67.6 Å². The molecule has 0 unspecified atom stereocenters. The van der Waals surface area contributed by atoms with Crippen molar-refractivity contribution < 1.29 is 19.7 Å². The van der Waals surface area contributed by atoms with Crippen LogP contribution in [0.5, 0.6) is 0 Å². The predicted molar refractivity (Wildman–Crippen MR) is 119 cm³/mol. The van der Waals surface area contributed by atoms with Crippen molar-refractivity contribution in [3.05, 3.63) is 23.8 Å². The van der Waals surface area contributed by atoms with E-state index in [2.05, 4.69) is 33.4 Å². The summed E-state index contributed by atoms with van der Waals surface area (Å²) in [7, 11) is 0. The second-order valence-electron chi connectivity index (χ2n) is 12.3. The van der Waals surface area contributed by atoms with Gasteiger partial charge in [-0.25, -0.2) is 0 Å². The van der Waals surface area contributed by atoms with Crippen LogP contribution in [0.1, 0.15) is 72.1 Å². The van der Waals surface area contributed by atoms with Gasteiger partial charge in [0, 0.05) is 24.2 Å². The largest absolute Gasteiger partial charge is 0.393 e. The first-order chi connectivity index (χ1) is 14.7. The first-order valence-electron chi connectivity index (χ1n) is 12.7. The summed E-state index contributed by atoms with van der Waals surface area (Å²) in [5.41, 5.74) is 2.63. The zero-order valence-corrected chi connectivity index (χ0v) is 19.5. The van der Waals surface area contributed by atoms with Gasteiger partial charge in [0.05, 0.1) is 24.9 Å². The third-order valence-corrected chi connectivity index (χ3v) is 11.2. The van der Waals surface area contributed by atoms with Crippen molar-refractivity contribution in [2.45, 2.75) is 96.2 Å². The molecule has 4 nitrogen and oxygen atoms in total. The van der Waals surface area contributed by atoms with Gasteiger partial charge in [0.2, 0.25) is 0 Å². The quantitative estimate of drug-likeness (QED) is 0.554. The summed E-state index contributed by atoms with van der Waals surface area (Å²) in [6.45, 7) is 12.0. The third kappa shape index (κ3) is 2.62. The van der Waals surface area contributed by atoms with Gasteiger partial charge in [0.1, 0.15) is 0 Å². The molecule has 172 valence electrons. The van der Waals surface area contributed by atoms with Crippen molar-refractivity contribution in [2.75, 3.05) is 6.61 Å². The molecule has 31 heavy (non-hydrogen) atoms. The molecule has 0 aromatic rings. The molecule has 4 aliphatic carbocycles. The fraction of sp³-hybridized carbons (Fsp3) is 0.852. The molecule has 5 fully saturated rings. The molecule has 0 radical (unpaired) electrons. The topological polar surface area (TPSA) is 58.9 Å². The van der Waals surface area contributed by atoms with Crippen LogP contribution < -0.4 is 0 Å². The van der Waals surface area contributed by atoms with E-state index in [-0.39, 0.29) is 16.9 Å². The molecule has 11 atom stereocenters. The molecule has 0 amide bonds. The first kappa shape index (κ1) is 20.9. The summed E-state index contributed by atoms with van der Waals surface area (Å²) in [6, 6.07) is 0. The molecule has 2 saturated heterocycles. The molecule has 2 aliphatic heterocycles. The maximum absolute atomic E-state index is 11.1. The zero-order valence-electron chi connectivity index (χ0n) is 19.5. The number of rotatable bonds is 0. The highest BCUT2D eigenvalue weighted by molar-refractivity contribution is 5.28. The van der Waals surface area contributed by atoms with Crippen LogP contribution in [0.2, 0.25) is 0 Å². The summed E-state index contributed by atoms with van der Waals surface area (Å²) in [5.74, 6) is 2.35. The second kappa shape index (κ2) is 6.68. The fourth-order valence-electron chi connectivity index (χ4n) is 9.55.